The summed E-state index contributed by atoms with van der Waals surface area (Å²) in [6, 6.07) is 5.79. The van der Waals surface area contributed by atoms with Crippen molar-refractivity contribution in [2.45, 2.75) is 12.3 Å². The van der Waals surface area contributed by atoms with Crippen LogP contribution < -0.4 is 5.32 Å². The molecule has 1 aromatic carbocycles. The van der Waals surface area contributed by atoms with Gasteiger partial charge in [0, 0.05) is 19.3 Å². The summed E-state index contributed by atoms with van der Waals surface area (Å²) in [6.07, 6.45) is 1.95. The molecule has 0 aliphatic carbocycles. The number of rotatable bonds is 5. The highest BCUT2D eigenvalue weighted by molar-refractivity contribution is 7.97. The maximum atomic E-state index is 12.2. The van der Waals surface area contributed by atoms with Gasteiger partial charge >= 0.3 is 0 Å². The molecule has 0 unspecified atom stereocenters. The van der Waals surface area contributed by atoms with Crippen LogP contribution >= 0.6 is 11.8 Å². The Morgan fingerprint density at radius 2 is 2.27 bits per heavy atom. The van der Waals surface area contributed by atoms with Gasteiger partial charge in [0.25, 0.3) is 5.91 Å². The van der Waals surface area contributed by atoms with Crippen molar-refractivity contribution in [1.29, 1.82) is 0 Å². The number of hydrogen-bond acceptors (Lipinski definition) is 6. The van der Waals surface area contributed by atoms with Crippen molar-refractivity contribution in [3.63, 3.8) is 0 Å². The third-order valence-corrected chi connectivity index (χ3v) is 3.81. The van der Waals surface area contributed by atoms with E-state index in [4.69, 9.17) is 0 Å². The molecule has 0 spiro atoms. The number of benzene rings is 1. The first-order valence-electron chi connectivity index (χ1n) is 6.64. The summed E-state index contributed by atoms with van der Waals surface area (Å²) in [5.41, 5.74) is 3.72. The lowest BCUT2D eigenvalue weighted by molar-refractivity contribution is 0.0945. The molecule has 0 saturated heterocycles. The van der Waals surface area contributed by atoms with E-state index in [1.807, 2.05) is 31.5 Å². The number of thioether (sulfide) groups is 1. The molecule has 2 N–H and O–H groups in total. The summed E-state index contributed by atoms with van der Waals surface area (Å²) in [5, 5.41) is 21.3. The molecule has 1 amide bonds. The minimum Gasteiger partial charge on any atom is -0.347 e. The molecular weight excluding hydrogens is 302 g/mol. The van der Waals surface area contributed by atoms with Gasteiger partial charge in [-0.3, -0.25) is 4.79 Å². The lowest BCUT2D eigenvalue weighted by Gasteiger charge is -2.04. The van der Waals surface area contributed by atoms with Crippen molar-refractivity contribution in [2.75, 3.05) is 6.26 Å². The number of fused-ring (bicyclic) bond motifs is 1. The van der Waals surface area contributed by atoms with E-state index in [1.165, 1.54) is 0 Å². The minimum atomic E-state index is -0.239. The van der Waals surface area contributed by atoms with E-state index in [0.717, 1.165) is 16.6 Å². The first-order valence-corrected chi connectivity index (χ1v) is 8.03. The molecule has 8 nitrogen and oxygen atoms in total. The maximum Gasteiger partial charge on any atom is 0.274 e. The summed E-state index contributed by atoms with van der Waals surface area (Å²) < 4.78 is 1.71. The van der Waals surface area contributed by atoms with E-state index in [0.29, 0.717) is 23.7 Å². The average molecular weight is 317 g/mol. The lowest BCUT2D eigenvalue weighted by Crippen LogP contribution is -2.24. The third kappa shape index (κ3) is 2.80. The molecule has 2 heterocycles. The Morgan fingerprint density at radius 3 is 3.09 bits per heavy atom. The molecule has 0 fully saturated rings. The highest BCUT2D eigenvalue weighted by Crippen LogP contribution is 2.13. The third-order valence-electron chi connectivity index (χ3n) is 3.24. The predicted octanol–water partition coefficient (Wildman–Crippen LogP) is 0.879. The number of aromatic nitrogens is 6. The molecule has 114 valence electrons. The Balaban J connectivity index is 1.70. The van der Waals surface area contributed by atoms with Crippen molar-refractivity contribution >= 4 is 28.7 Å². The van der Waals surface area contributed by atoms with Crippen molar-refractivity contribution in [3.05, 3.63) is 35.2 Å². The molecule has 0 radical (unpaired) electrons. The number of carbonyl (C=O) groups is 1. The monoisotopic (exact) mass is 317 g/mol. The number of aromatic amines is 1. The summed E-state index contributed by atoms with van der Waals surface area (Å²) in [6.45, 7) is 0.400. The van der Waals surface area contributed by atoms with Crippen LogP contribution in [0.1, 0.15) is 21.7 Å². The number of aryl methyl sites for hydroxylation is 1. The number of carbonyl (C=O) groups excluding carboxylic acids is 1. The number of nitrogens with one attached hydrogen (secondary N) is 2. The van der Waals surface area contributed by atoms with E-state index < -0.39 is 0 Å². The van der Waals surface area contributed by atoms with Gasteiger partial charge in [-0.05, 0) is 24.0 Å². The fourth-order valence-electron chi connectivity index (χ4n) is 2.13. The summed E-state index contributed by atoms with van der Waals surface area (Å²) in [4.78, 5) is 12.2. The number of amides is 1. The van der Waals surface area contributed by atoms with Crippen LogP contribution in [0, 0.1) is 0 Å². The van der Waals surface area contributed by atoms with E-state index in [2.05, 4.69) is 31.0 Å². The first kappa shape index (κ1) is 14.5. The molecule has 0 saturated carbocycles. The van der Waals surface area contributed by atoms with E-state index in [1.54, 1.807) is 16.4 Å². The number of hydrogen-bond donors (Lipinski definition) is 2. The van der Waals surface area contributed by atoms with Gasteiger partial charge in [-0.15, -0.1) is 5.10 Å². The zero-order valence-electron chi connectivity index (χ0n) is 12.2. The molecular formula is C13H15N7OS. The number of nitrogens with zero attached hydrogens (tertiary/aromatic N) is 5. The van der Waals surface area contributed by atoms with Crippen LogP contribution in [0.3, 0.4) is 0 Å². The van der Waals surface area contributed by atoms with Crippen LogP contribution in [0.5, 0.6) is 0 Å². The number of H-pyrrole nitrogens is 1. The van der Waals surface area contributed by atoms with Crippen LogP contribution in [0.4, 0.5) is 0 Å². The Labute approximate surface area is 130 Å². The molecule has 3 aromatic rings. The maximum absolute atomic E-state index is 12.2. The van der Waals surface area contributed by atoms with Crippen LogP contribution in [0.2, 0.25) is 0 Å². The SMILES string of the molecule is CSCc1n[nH]nc1C(=O)NCc1ccc2c(c1)nnn2C. The fraction of sp³-hybridized carbons (Fsp3) is 0.308. The Morgan fingerprint density at radius 1 is 1.41 bits per heavy atom. The van der Waals surface area contributed by atoms with Crippen molar-refractivity contribution in [2.24, 2.45) is 7.05 Å². The molecule has 3 rings (SSSR count). The standard InChI is InChI=1S/C13H15N7OS/c1-20-11-4-3-8(5-9(11)16-19-20)6-14-13(21)12-10(7-22-2)15-18-17-12/h3-5H,6-7H2,1-2H3,(H,14,21)(H,15,17,18). The van der Waals surface area contributed by atoms with E-state index in [9.17, 15) is 4.79 Å². The Bertz CT molecular complexity index is 810. The van der Waals surface area contributed by atoms with Gasteiger partial charge in [0.05, 0.1) is 5.52 Å². The molecule has 0 aliphatic rings. The van der Waals surface area contributed by atoms with Gasteiger partial charge in [-0.1, -0.05) is 11.3 Å². The summed E-state index contributed by atoms with van der Waals surface area (Å²) in [5.74, 6) is 0.405. The van der Waals surface area contributed by atoms with Crippen LogP contribution in [-0.4, -0.2) is 42.6 Å². The smallest absolute Gasteiger partial charge is 0.274 e. The van der Waals surface area contributed by atoms with Crippen molar-refractivity contribution in [3.8, 4) is 0 Å². The quantitative estimate of drug-likeness (QED) is 0.724. The molecule has 0 bridgehead atoms. The molecule has 0 aliphatic heterocycles. The van der Waals surface area contributed by atoms with E-state index >= 15 is 0 Å². The van der Waals surface area contributed by atoms with Gasteiger partial charge in [0.1, 0.15) is 11.2 Å². The predicted molar refractivity (Wildman–Crippen MR) is 83.3 cm³/mol. The van der Waals surface area contributed by atoms with Crippen LogP contribution in [0.15, 0.2) is 18.2 Å². The Hall–Kier alpha value is -2.42. The normalized spacial score (nSPS) is 11.0. The highest BCUT2D eigenvalue weighted by Gasteiger charge is 2.15. The highest BCUT2D eigenvalue weighted by atomic mass is 32.2. The average Bonchev–Trinajstić information content (AvgIpc) is 3.12. The molecule has 22 heavy (non-hydrogen) atoms. The molecule has 9 heteroatoms. The van der Waals surface area contributed by atoms with Crippen LogP contribution in [-0.2, 0) is 19.3 Å². The van der Waals surface area contributed by atoms with Gasteiger partial charge in [-0.2, -0.15) is 27.2 Å². The lowest BCUT2D eigenvalue weighted by atomic mass is 10.2. The molecule has 0 atom stereocenters. The molecule has 2 aromatic heterocycles. The largest absolute Gasteiger partial charge is 0.347 e. The van der Waals surface area contributed by atoms with Crippen molar-refractivity contribution in [1.82, 2.24) is 35.7 Å². The van der Waals surface area contributed by atoms with Crippen LogP contribution in [0.25, 0.3) is 11.0 Å². The van der Waals surface area contributed by atoms with Gasteiger partial charge < -0.3 is 5.32 Å². The zero-order chi connectivity index (χ0) is 15.5. The minimum absolute atomic E-state index is 0.239. The Kier molecular flexibility index (Phi) is 4.05. The van der Waals surface area contributed by atoms with E-state index in [-0.39, 0.29) is 5.91 Å². The van der Waals surface area contributed by atoms with Gasteiger partial charge in [-0.25, -0.2) is 4.68 Å². The zero-order valence-corrected chi connectivity index (χ0v) is 13.0. The summed E-state index contributed by atoms with van der Waals surface area (Å²) >= 11 is 1.59. The second kappa shape index (κ2) is 6.14. The second-order valence-corrected chi connectivity index (χ2v) is 5.64. The second-order valence-electron chi connectivity index (χ2n) is 4.77. The van der Waals surface area contributed by atoms with Crippen molar-refractivity contribution < 1.29 is 4.79 Å². The summed E-state index contributed by atoms with van der Waals surface area (Å²) in [7, 11) is 1.84. The first-order chi connectivity index (χ1) is 10.7. The van der Waals surface area contributed by atoms with Gasteiger partial charge in [0.2, 0.25) is 0 Å². The topological polar surface area (TPSA) is 101 Å². The fourth-order valence-corrected chi connectivity index (χ4v) is 2.61. The van der Waals surface area contributed by atoms with Gasteiger partial charge in [0.15, 0.2) is 5.69 Å².